The number of nitrogens with zero attached hydrogens (tertiary/aromatic N) is 1. The van der Waals surface area contributed by atoms with E-state index in [1.165, 1.54) is 5.56 Å². The zero-order chi connectivity index (χ0) is 15.5. The van der Waals surface area contributed by atoms with E-state index in [1.807, 2.05) is 12.1 Å². The normalized spacial score (nSPS) is 11.0. The number of halogens is 1. The number of benzene rings is 1. The molecule has 0 atom stereocenters. The van der Waals surface area contributed by atoms with E-state index in [4.69, 9.17) is 4.74 Å². The van der Waals surface area contributed by atoms with Gasteiger partial charge in [-0.05, 0) is 43.4 Å². The quantitative estimate of drug-likeness (QED) is 0.294. The standard InChI is InChI=1S/C17H29N3O.HI/c1-5-18-17(20-13-14(2)3)19-12-6-7-15-8-10-16(21-4)11-9-15;/h8-11,14H,5-7,12-13H2,1-4H3,(H2,18,19,20);1H. The summed E-state index contributed by atoms with van der Waals surface area (Å²) in [6, 6.07) is 8.27. The monoisotopic (exact) mass is 419 g/mol. The van der Waals surface area contributed by atoms with Gasteiger partial charge in [-0.2, -0.15) is 0 Å². The lowest BCUT2D eigenvalue weighted by Gasteiger charge is -2.12. The Morgan fingerprint density at radius 1 is 1.18 bits per heavy atom. The maximum atomic E-state index is 5.16. The van der Waals surface area contributed by atoms with Gasteiger partial charge in [-0.15, -0.1) is 24.0 Å². The molecule has 4 nitrogen and oxygen atoms in total. The molecule has 126 valence electrons. The van der Waals surface area contributed by atoms with E-state index < -0.39 is 0 Å². The molecule has 0 aromatic heterocycles. The molecule has 5 heteroatoms. The van der Waals surface area contributed by atoms with Crippen LogP contribution in [-0.4, -0.2) is 32.7 Å². The van der Waals surface area contributed by atoms with Crippen LogP contribution in [0.25, 0.3) is 0 Å². The van der Waals surface area contributed by atoms with Crippen LogP contribution in [-0.2, 0) is 6.42 Å². The van der Waals surface area contributed by atoms with Gasteiger partial charge in [-0.3, -0.25) is 4.99 Å². The molecular weight excluding hydrogens is 389 g/mol. The molecule has 0 aliphatic rings. The summed E-state index contributed by atoms with van der Waals surface area (Å²) < 4.78 is 5.16. The van der Waals surface area contributed by atoms with E-state index in [0.717, 1.165) is 44.2 Å². The lowest BCUT2D eigenvalue weighted by molar-refractivity contribution is 0.414. The fourth-order valence-corrected chi connectivity index (χ4v) is 1.91. The van der Waals surface area contributed by atoms with Gasteiger partial charge >= 0.3 is 0 Å². The fraction of sp³-hybridized carbons (Fsp3) is 0.588. The summed E-state index contributed by atoms with van der Waals surface area (Å²) in [6.45, 7) is 9.11. The van der Waals surface area contributed by atoms with Crippen molar-refractivity contribution in [3.8, 4) is 5.75 Å². The smallest absolute Gasteiger partial charge is 0.191 e. The SMILES string of the molecule is CCNC(=NCC(C)C)NCCCc1ccc(OC)cc1.I. The summed E-state index contributed by atoms with van der Waals surface area (Å²) in [4.78, 5) is 4.56. The molecule has 0 heterocycles. The summed E-state index contributed by atoms with van der Waals surface area (Å²) >= 11 is 0. The van der Waals surface area contributed by atoms with E-state index in [1.54, 1.807) is 7.11 Å². The summed E-state index contributed by atoms with van der Waals surface area (Å²) in [5.74, 6) is 2.41. The Labute approximate surface area is 152 Å². The lowest BCUT2D eigenvalue weighted by Crippen LogP contribution is -2.38. The Morgan fingerprint density at radius 3 is 2.41 bits per heavy atom. The zero-order valence-electron chi connectivity index (χ0n) is 14.2. The predicted octanol–water partition coefficient (Wildman–Crippen LogP) is 3.46. The molecule has 0 aliphatic carbocycles. The number of methoxy groups -OCH3 is 1. The molecule has 0 fully saturated rings. The molecular formula is C17H30IN3O. The number of aliphatic imine (C=N–C) groups is 1. The van der Waals surface area contributed by atoms with Crippen molar-refractivity contribution < 1.29 is 4.74 Å². The zero-order valence-corrected chi connectivity index (χ0v) is 16.5. The van der Waals surface area contributed by atoms with Gasteiger partial charge in [0.1, 0.15) is 5.75 Å². The second-order valence-electron chi connectivity index (χ2n) is 5.49. The number of hydrogen-bond acceptors (Lipinski definition) is 2. The number of hydrogen-bond donors (Lipinski definition) is 2. The van der Waals surface area contributed by atoms with Crippen molar-refractivity contribution in [2.24, 2.45) is 10.9 Å². The van der Waals surface area contributed by atoms with Crippen LogP contribution in [0.3, 0.4) is 0 Å². The van der Waals surface area contributed by atoms with Gasteiger partial charge in [-0.25, -0.2) is 0 Å². The summed E-state index contributed by atoms with van der Waals surface area (Å²) in [5.41, 5.74) is 1.33. The molecule has 0 aliphatic heterocycles. The minimum absolute atomic E-state index is 0. The van der Waals surface area contributed by atoms with Crippen molar-refractivity contribution >= 4 is 29.9 Å². The first-order chi connectivity index (χ1) is 10.2. The molecule has 22 heavy (non-hydrogen) atoms. The van der Waals surface area contributed by atoms with Gasteiger partial charge in [0, 0.05) is 19.6 Å². The molecule has 1 aromatic rings. The highest BCUT2D eigenvalue weighted by Crippen LogP contribution is 2.12. The largest absolute Gasteiger partial charge is 0.497 e. The van der Waals surface area contributed by atoms with Crippen LogP contribution < -0.4 is 15.4 Å². The third-order valence-corrected chi connectivity index (χ3v) is 3.05. The van der Waals surface area contributed by atoms with Crippen LogP contribution in [0.4, 0.5) is 0 Å². The number of guanidine groups is 1. The van der Waals surface area contributed by atoms with E-state index in [2.05, 4.69) is 48.5 Å². The molecule has 1 rings (SSSR count). The van der Waals surface area contributed by atoms with Gasteiger partial charge in [-0.1, -0.05) is 26.0 Å². The van der Waals surface area contributed by atoms with E-state index in [9.17, 15) is 0 Å². The van der Waals surface area contributed by atoms with Crippen molar-refractivity contribution in [2.75, 3.05) is 26.7 Å². The first-order valence-corrected chi connectivity index (χ1v) is 7.80. The Hall–Kier alpha value is -0.980. The Kier molecular flexibility index (Phi) is 12.0. The number of ether oxygens (including phenoxy) is 1. The second kappa shape index (κ2) is 12.6. The van der Waals surface area contributed by atoms with E-state index in [0.29, 0.717) is 5.92 Å². The topological polar surface area (TPSA) is 45.7 Å². The first kappa shape index (κ1) is 21.0. The van der Waals surface area contributed by atoms with Crippen LogP contribution in [0.2, 0.25) is 0 Å². The second-order valence-corrected chi connectivity index (χ2v) is 5.49. The molecule has 0 saturated carbocycles. The summed E-state index contributed by atoms with van der Waals surface area (Å²) in [6.07, 6.45) is 2.14. The lowest BCUT2D eigenvalue weighted by atomic mass is 10.1. The van der Waals surface area contributed by atoms with Gasteiger partial charge in [0.25, 0.3) is 0 Å². The maximum Gasteiger partial charge on any atom is 0.191 e. The van der Waals surface area contributed by atoms with Gasteiger partial charge < -0.3 is 15.4 Å². The van der Waals surface area contributed by atoms with Crippen LogP contribution in [0, 0.1) is 5.92 Å². The number of aryl methyl sites for hydroxylation is 1. The number of nitrogens with one attached hydrogen (secondary N) is 2. The highest BCUT2D eigenvalue weighted by Gasteiger charge is 1.99. The van der Waals surface area contributed by atoms with Gasteiger partial charge in [0.15, 0.2) is 5.96 Å². The minimum Gasteiger partial charge on any atom is -0.497 e. The highest BCUT2D eigenvalue weighted by atomic mass is 127. The van der Waals surface area contributed by atoms with E-state index >= 15 is 0 Å². The Bertz CT molecular complexity index is 418. The highest BCUT2D eigenvalue weighted by molar-refractivity contribution is 14.0. The molecule has 0 radical (unpaired) electrons. The first-order valence-electron chi connectivity index (χ1n) is 7.80. The molecule has 0 unspecified atom stereocenters. The molecule has 0 saturated heterocycles. The van der Waals surface area contributed by atoms with E-state index in [-0.39, 0.29) is 24.0 Å². The van der Waals surface area contributed by atoms with Crippen molar-refractivity contribution in [3.63, 3.8) is 0 Å². The third-order valence-electron chi connectivity index (χ3n) is 3.05. The molecule has 0 amide bonds. The van der Waals surface area contributed by atoms with Crippen LogP contribution in [0.1, 0.15) is 32.8 Å². The van der Waals surface area contributed by atoms with Gasteiger partial charge in [0.2, 0.25) is 0 Å². The average molecular weight is 419 g/mol. The summed E-state index contributed by atoms with van der Waals surface area (Å²) in [5, 5.41) is 6.66. The molecule has 0 bridgehead atoms. The van der Waals surface area contributed by atoms with Crippen LogP contribution in [0.5, 0.6) is 5.75 Å². The minimum atomic E-state index is 0. The molecule has 2 N–H and O–H groups in total. The van der Waals surface area contributed by atoms with Crippen molar-refractivity contribution in [3.05, 3.63) is 29.8 Å². The Morgan fingerprint density at radius 2 is 1.86 bits per heavy atom. The van der Waals surface area contributed by atoms with Crippen molar-refractivity contribution in [1.82, 2.24) is 10.6 Å². The number of rotatable bonds is 8. The maximum absolute atomic E-state index is 5.16. The fourth-order valence-electron chi connectivity index (χ4n) is 1.91. The third kappa shape index (κ3) is 9.12. The van der Waals surface area contributed by atoms with Crippen LogP contribution >= 0.6 is 24.0 Å². The van der Waals surface area contributed by atoms with Crippen molar-refractivity contribution in [1.29, 1.82) is 0 Å². The average Bonchev–Trinajstić information content (AvgIpc) is 2.49. The summed E-state index contributed by atoms with van der Waals surface area (Å²) in [7, 11) is 1.69. The predicted molar refractivity (Wildman–Crippen MR) is 106 cm³/mol. The van der Waals surface area contributed by atoms with Crippen LogP contribution in [0.15, 0.2) is 29.3 Å². The molecule has 1 aromatic carbocycles. The van der Waals surface area contributed by atoms with Gasteiger partial charge in [0.05, 0.1) is 7.11 Å². The molecule has 0 spiro atoms. The Balaban J connectivity index is 0.00000441. The van der Waals surface area contributed by atoms with Crippen molar-refractivity contribution in [2.45, 2.75) is 33.6 Å².